The van der Waals surface area contributed by atoms with Gasteiger partial charge in [0, 0.05) is 6.54 Å². The maximum atomic E-state index is 12.8. The molecule has 2 N–H and O–H groups in total. The number of hydrogen-bond acceptors (Lipinski definition) is 8. The Morgan fingerprint density at radius 3 is 1.46 bits per heavy atom. The summed E-state index contributed by atoms with van der Waals surface area (Å²) in [5, 5.41) is 0. The van der Waals surface area contributed by atoms with Gasteiger partial charge in [-0.1, -0.05) is 54.6 Å². The lowest BCUT2D eigenvalue weighted by atomic mass is 10.1. The van der Waals surface area contributed by atoms with Crippen LogP contribution in [0.5, 0.6) is 0 Å². The summed E-state index contributed by atoms with van der Waals surface area (Å²) in [5.74, 6) is -1.80. The highest BCUT2D eigenvalue weighted by atomic mass is 16.6. The number of hydrogen-bond donors (Lipinski definition) is 1. The molecule has 35 heavy (non-hydrogen) atoms. The van der Waals surface area contributed by atoms with Crippen LogP contribution in [0.3, 0.4) is 0 Å². The first-order valence-electron chi connectivity index (χ1n) is 11.2. The zero-order valence-corrected chi connectivity index (χ0v) is 18.8. The molecule has 0 aliphatic carbocycles. The van der Waals surface area contributed by atoms with Crippen molar-refractivity contribution in [2.75, 3.05) is 13.2 Å². The van der Waals surface area contributed by atoms with Crippen molar-refractivity contribution < 1.29 is 33.3 Å². The topological polar surface area (TPSA) is 114 Å². The van der Waals surface area contributed by atoms with E-state index < -0.39 is 42.3 Å². The van der Waals surface area contributed by atoms with E-state index in [0.29, 0.717) is 16.7 Å². The molecule has 0 aromatic heterocycles. The fourth-order valence-electron chi connectivity index (χ4n) is 3.76. The molecule has 0 amide bonds. The number of benzene rings is 3. The Hall–Kier alpha value is -4.01. The molecule has 0 spiro atoms. The van der Waals surface area contributed by atoms with Gasteiger partial charge in [0.2, 0.25) is 0 Å². The lowest BCUT2D eigenvalue weighted by molar-refractivity contribution is -0.0445. The van der Waals surface area contributed by atoms with Gasteiger partial charge in [0.25, 0.3) is 0 Å². The van der Waals surface area contributed by atoms with Crippen molar-refractivity contribution in [3.8, 4) is 0 Å². The van der Waals surface area contributed by atoms with Crippen LogP contribution in [0.4, 0.5) is 0 Å². The first-order valence-corrected chi connectivity index (χ1v) is 11.2. The summed E-state index contributed by atoms with van der Waals surface area (Å²) in [6.07, 6.45) is -3.71. The number of rotatable bonds is 8. The first-order chi connectivity index (χ1) is 17.1. The molecule has 0 saturated carbocycles. The molecule has 4 atom stereocenters. The molecule has 8 heteroatoms. The Morgan fingerprint density at radius 2 is 1.03 bits per heavy atom. The minimum atomic E-state index is -1.05. The maximum Gasteiger partial charge on any atom is 0.338 e. The predicted octanol–water partition coefficient (Wildman–Crippen LogP) is 3.02. The van der Waals surface area contributed by atoms with E-state index in [1.165, 1.54) is 0 Å². The quantitative estimate of drug-likeness (QED) is 0.391. The monoisotopic (exact) mass is 475 g/mol. The second kappa shape index (κ2) is 11.4. The van der Waals surface area contributed by atoms with E-state index in [1.807, 2.05) is 0 Å². The van der Waals surface area contributed by atoms with Crippen molar-refractivity contribution in [3.63, 3.8) is 0 Å². The van der Waals surface area contributed by atoms with Crippen LogP contribution >= 0.6 is 0 Å². The molecule has 4 rings (SSSR count). The van der Waals surface area contributed by atoms with E-state index in [4.69, 9.17) is 24.7 Å². The fourth-order valence-corrected chi connectivity index (χ4v) is 3.76. The Bertz CT molecular complexity index is 1140. The number of esters is 3. The molecular weight excluding hydrogens is 450 g/mol. The third-order valence-electron chi connectivity index (χ3n) is 5.53. The third kappa shape index (κ3) is 5.92. The number of nitrogens with two attached hydrogens (primary N) is 1. The number of ether oxygens (including phenoxy) is 4. The lowest BCUT2D eigenvalue weighted by Gasteiger charge is -2.24. The lowest BCUT2D eigenvalue weighted by Crippen LogP contribution is -2.43. The van der Waals surface area contributed by atoms with Gasteiger partial charge in [-0.05, 0) is 36.4 Å². The SMILES string of the molecule is NC[C@@H]1O[C@H](COC(=O)c2ccccc2)[C@@H](OC(=O)c2ccccc2)[C@H]1OC(=O)c1ccccc1. The van der Waals surface area contributed by atoms with E-state index >= 15 is 0 Å². The molecule has 1 fully saturated rings. The maximum absolute atomic E-state index is 12.8. The van der Waals surface area contributed by atoms with E-state index in [9.17, 15) is 14.4 Å². The second-order valence-corrected chi connectivity index (χ2v) is 7.89. The molecule has 1 saturated heterocycles. The van der Waals surface area contributed by atoms with Gasteiger partial charge in [-0.15, -0.1) is 0 Å². The zero-order valence-electron chi connectivity index (χ0n) is 18.8. The molecule has 0 bridgehead atoms. The molecule has 0 radical (unpaired) electrons. The third-order valence-corrected chi connectivity index (χ3v) is 5.53. The largest absolute Gasteiger partial charge is 0.459 e. The highest BCUT2D eigenvalue weighted by Gasteiger charge is 2.49. The van der Waals surface area contributed by atoms with Gasteiger partial charge in [-0.25, -0.2) is 14.4 Å². The summed E-state index contributed by atoms with van der Waals surface area (Å²) < 4.78 is 22.8. The molecule has 180 valence electrons. The van der Waals surface area contributed by atoms with Crippen molar-refractivity contribution in [1.29, 1.82) is 0 Å². The summed E-state index contributed by atoms with van der Waals surface area (Å²) in [7, 11) is 0. The van der Waals surface area contributed by atoms with Crippen molar-refractivity contribution in [1.82, 2.24) is 0 Å². The normalized spacial score (nSPS) is 21.2. The summed E-state index contributed by atoms with van der Waals surface area (Å²) in [4.78, 5) is 38.1. The van der Waals surface area contributed by atoms with Crippen molar-refractivity contribution >= 4 is 17.9 Å². The molecule has 3 aromatic carbocycles. The predicted molar refractivity (Wildman–Crippen MR) is 126 cm³/mol. The Kier molecular flexibility index (Phi) is 7.87. The number of carbonyl (C=O) groups excluding carboxylic acids is 3. The Balaban J connectivity index is 1.54. The first kappa shape index (κ1) is 24.1. The van der Waals surface area contributed by atoms with Crippen LogP contribution in [0, 0.1) is 0 Å². The van der Waals surface area contributed by atoms with Gasteiger partial charge in [-0.3, -0.25) is 0 Å². The van der Waals surface area contributed by atoms with Gasteiger partial charge < -0.3 is 24.7 Å². The van der Waals surface area contributed by atoms with Crippen LogP contribution in [0.2, 0.25) is 0 Å². The van der Waals surface area contributed by atoms with E-state index in [0.717, 1.165) is 0 Å². The van der Waals surface area contributed by atoms with Crippen LogP contribution in [0.15, 0.2) is 91.0 Å². The van der Waals surface area contributed by atoms with Crippen LogP contribution in [-0.2, 0) is 18.9 Å². The van der Waals surface area contributed by atoms with Crippen molar-refractivity contribution in [3.05, 3.63) is 108 Å². The van der Waals surface area contributed by atoms with Gasteiger partial charge in [0.05, 0.1) is 16.7 Å². The average molecular weight is 475 g/mol. The highest BCUT2D eigenvalue weighted by Crippen LogP contribution is 2.29. The zero-order chi connectivity index (χ0) is 24.6. The van der Waals surface area contributed by atoms with Crippen molar-refractivity contribution in [2.24, 2.45) is 5.73 Å². The van der Waals surface area contributed by atoms with E-state index in [1.54, 1.807) is 91.0 Å². The van der Waals surface area contributed by atoms with Gasteiger partial charge >= 0.3 is 17.9 Å². The molecule has 1 heterocycles. The van der Waals surface area contributed by atoms with Gasteiger partial charge in [0.15, 0.2) is 12.2 Å². The summed E-state index contributed by atoms with van der Waals surface area (Å²) >= 11 is 0. The Labute approximate surface area is 202 Å². The van der Waals surface area contributed by atoms with Crippen molar-refractivity contribution in [2.45, 2.75) is 24.4 Å². The average Bonchev–Trinajstić information content (AvgIpc) is 3.24. The molecule has 1 aliphatic rings. The molecular formula is C27H25NO7. The van der Waals surface area contributed by atoms with E-state index in [2.05, 4.69) is 0 Å². The number of carbonyl (C=O) groups is 3. The Morgan fingerprint density at radius 1 is 0.629 bits per heavy atom. The molecule has 8 nitrogen and oxygen atoms in total. The van der Waals surface area contributed by atoms with Crippen LogP contribution < -0.4 is 5.73 Å². The van der Waals surface area contributed by atoms with E-state index in [-0.39, 0.29) is 13.2 Å². The molecule has 0 unspecified atom stereocenters. The van der Waals surface area contributed by atoms with Gasteiger partial charge in [-0.2, -0.15) is 0 Å². The highest BCUT2D eigenvalue weighted by molar-refractivity contribution is 5.91. The summed E-state index contributed by atoms with van der Waals surface area (Å²) in [6, 6.07) is 25.3. The second-order valence-electron chi connectivity index (χ2n) is 7.89. The standard InChI is InChI=1S/C27H25NO7/c28-16-21-23(34-26(30)19-12-6-2-7-13-19)24(35-27(31)20-14-8-3-9-15-20)22(33-21)17-32-25(29)18-10-4-1-5-11-18/h1-15,21-24H,16-17,28H2/t21-,22+,23-,24+/m0/s1. The minimum Gasteiger partial charge on any atom is -0.459 e. The minimum absolute atomic E-state index is 0.00471. The summed E-state index contributed by atoms with van der Waals surface area (Å²) in [5.41, 5.74) is 6.90. The molecule has 1 aliphatic heterocycles. The van der Waals surface area contributed by atoms with Gasteiger partial charge in [0.1, 0.15) is 18.8 Å². The molecule has 3 aromatic rings. The van der Waals surface area contributed by atoms with Crippen LogP contribution in [0.25, 0.3) is 0 Å². The fraction of sp³-hybridized carbons (Fsp3) is 0.222. The smallest absolute Gasteiger partial charge is 0.338 e. The summed E-state index contributed by atoms with van der Waals surface area (Å²) in [6.45, 7) is -0.231. The van der Waals surface area contributed by atoms with Crippen LogP contribution in [0.1, 0.15) is 31.1 Å². The van der Waals surface area contributed by atoms with Crippen LogP contribution in [-0.4, -0.2) is 55.5 Å².